The Balaban J connectivity index is 1.76. The molecule has 1 aromatic carbocycles. The van der Waals surface area contributed by atoms with Gasteiger partial charge in [-0.05, 0) is 43.5 Å². The molecule has 34 heavy (non-hydrogen) atoms. The maximum Gasteiger partial charge on any atom is 0.310 e. The van der Waals surface area contributed by atoms with E-state index in [1.807, 2.05) is 0 Å². The van der Waals surface area contributed by atoms with E-state index in [1.54, 1.807) is 37.5 Å². The molecule has 3 fully saturated rings. The van der Waals surface area contributed by atoms with Gasteiger partial charge in [0.2, 0.25) is 5.91 Å². The Labute approximate surface area is 206 Å². The van der Waals surface area contributed by atoms with Crippen molar-refractivity contribution < 1.29 is 34.1 Å². The Bertz CT molecular complexity index is 971. The van der Waals surface area contributed by atoms with E-state index in [0.717, 1.165) is 0 Å². The van der Waals surface area contributed by atoms with Gasteiger partial charge < -0.3 is 29.5 Å². The quantitative estimate of drug-likeness (QED) is 0.266. The average molecular weight is 537 g/mol. The second-order valence-corrected chi connectivity index (χ2v) is 10.1. The number of methoxy groups -OCH3 is 1. The van der Waals surface area contributed by atoms with Gasteiger partial charge in [-0.2, -0.15) is 0 Å². The van der Waals surface area contributed by atoms with Crippen LogP contribution in [0.2, 0.25) is 0 Å². The van der Waals surface area contributed by atoms with Crippen LogP contribution in [0.25, 0.3) is 0 Å². The summed E-state index contributed by atoms with van der Waals surface area (Å²) in [5.74, 6) is -3.16. The number of carbonyl (C=O) groups excluding carboxylic acids is 2. The van der Waals surface area contributed by atoms with Crippen LogP contribution in [0.3, 0.4) is 0 Å². The number of carbonyl (C=O) groups is 3. The molecular weight excluding hydrogens is 508 g/mol. The molecule has 0 saturated carbocycles. The van der Waals surface area contributed by atoms with Crippen LogP contribution < -0.4 is 9.64 Å². The minimum atomic E-state index is -1.23. The largest absolute Gasteiger partial charge is 0.497 e. The Morgan fingerprint density at radius 2 is 2.06 bits per heavy atom. The number of hydrogen-bond donors (Lipinski definition) is 2. The fourth-order valence-corrected chi connectivity index (χ4v) is 6.63. The number of aliphatic carboxylic acids is 1. The van der Waals surface area contributed by atoms with Crippen molar-refractivity contribution in [3.8, 4) is 5.75 Å². The maximum absolute atomic E-state index is 14.1. The van der Waals surface area contributed by atoms with Gasteiger partial charge in [-0.3, -0.25) is 14.4 Å². The maximum atomic E-state index is 14.1. The number of carboxylic acid groups (broad SMARTS) is 1. The third-order valence-electron chi connectivity index (χ3n) is 7.08. The van der Waals surface area contributed by atoms with Gasteiger partial charge in [0.25, 0.3) is 5.91 Å². The van der Waals surface area contributed by atoms with Gasteiger partial charge in [0, 0.05) is 30.2 Å². The summed E-state index contributed by atoms with van der Waals surface area (Å²) >= 11 is 3.54. The SMILES string of the molecule is C=CCN(C(=O)[C@H]1N(CCCCO)C(=O)[C@@H]2[C@@H](C(=O)O)[C@@H]3O[C@@]21CC3Br)c1ccc(OC)cc1. The van der Waals surface area contributed by atoms with E-state index in [1.165, 1.54) is 9.80 Å². The lowest BCUT2D eigenvalue weighted by Gasteiger charge is -2.37. The smallest absolute Gasteiger partial charge is 0.310 e. The molecule has 1 spiro atoms. The van der Waals surface area contributed by atoms with Crippen molar-refractivity contribution in [2.45, 2.75) is 41.8 Å². The standard InChI is InChI=1S/C24H29BrN2O7/c1-3-10-26(14-6-8-15(33-2)9-7-14)22(30)20-24-13-16(25)19(34-24)17(23(31)32)18(24)21(29)27(20)11-4-5-12-28/h3,6-9,16-20,28H,1,4-5,10-13H2,2H3,(H,31,32)/t16?,17-,18+,19-,20-,24+/m1/s1. The summed E-state index contributed by atoms with van der Waals surface area (Å²) < 4.78 is 11.5. The molecule has 0 aliphatic carbocycles. The zero-order valence-electron chi connectivity index (χ0n) is 18.9. The summed E-state index contributed by atoms with van der Waals surface area (Å²) in [6.07, 6.45) is 2.22. The first kappa shape index (κ1) is 24.7. The molecule has 184 valence electrons. The van der Waals surface area contributed by atoms with E-state index >= 15 is 0 Å². The molecule has 3 aliphatic rings. The number of hydrogen-bond acceptors (Lipinski definition) is 6. The van der Waals surface area contributed by atoms with Crippen LogP contribution in [-0.2, 0) is 19.1 Å². The number of anilines is 1. The Kier molecular flexibility index (Phi) is 7.02. The fourth-order valence-electron chi connectivity index (χ4n) is 5.69. The fraction of sp³-hybridized carbons (Fsp3) is 0.542. The summed E-state index contributed by atoms with van der Waals surface area (Å²) in [4.78, 5) is 42.6. The molecule has 2 amide bonds. The number of ether oxygens (including phenoxy) is 2. The van der Waals surface area contributed by atoms with Crippen LogP contribution >= 0.6 is 15.9 Å². The van der Waals surface area contributed by atoms with Gasteiger partial charge in [0.05, 0.1) is 25.0 Å². The topological polar surface area (TPSA) is 117 Å². The highest BCUT2D eigenvalue weighted by Gasteiger charge is 2.76. The van der Waals surface area contributed by atoms with Gasteiger partial charge in [0.15, 0.2) is 0 Å². The monoisotopic (exact) mass is 536 g/mol. The number of likely N-dealkylation sites (tertiary alicyclic amines) is 1. The van der Waals surface area contributed by atoms with Gasteiger partial charge >= 0.3 is 5.97 Å². The van der Waals surface area contributed by atoms with Crippen molar-refractivity contribution >= 4 is 39.4 Å². The Morgan fingerprint density at radius 3 is 2.65 bits per heavy atom. The van der Waals surface area contributed by atoms with Crippen LogP contribution in [0.5, 0.6) is 5.75 Å². The molecule has 3 aliphatic heterocycles. The van der Waals surface area contributed by atoms with E-state index < -0.39 is 35.6 Å². The van der Waals surface area contributed by atoms with Crippen LogP contribution in [0, 0.1) is 11.8 Å². The summed E-state index contributed by atoms with van der Waals surface area (Å²) in [5.41, 5.74) is -0.632. The van der Waals surface area contributed by atoms with Crippen LogP contribution in [0.4, 0.5) is 5.69 Å². The van der Waals surface area contributed by atoms with Crippen molar-refractivity contribution in [2.24, 2.45) is 11.8 Å². The number of rotatable bonds is 10. The van der Waals surface area contributed by atoms with E-state index in [-0.39, 0.29) is 36.3 Å². The van der Waals surface area contributed by atoms with Crippen molar-refractivity contribution in [2.75, 3.05) is 31.7 Å². The number of aliphatic hydroxyl groups is 1. The van der Waals surface area contributed by atoms with Gasteiger partial charge in [-0.25, -0.2) is 0 Å². The number of benzene rings is 1. The lowest BCUT2D eigenvalue weighted by Crippen LogP contribution is -2.57. The van der Waals surface area contributed by atoms with Crippen LogP contribution in [0.15, 0.2) is 36.9 Å². The minimum absolute atomic E-state index is 0.0382. The van der Waals surface area contributed by atoms with Crippen LogP contribution in [-0.4, -0.2) is 82.3 Å². The number of aliphatic hydroxyl groups excluding tert-OH is 1. The highest BCUT2D eigenvalue weighted by Crippen LogP contribution is 2.60. The number of halogens is 1. The van der Waals surface area contributed by atoms with Crippen molar-refractivity contribution in [3.63, 3.8) is 0 Å². The van der Waals surface area contributed by atoms with E-state index in [4.69, 9.17) is 9.47 Å². The third kappa shape index (κ3) is 3.81. The molecule has 3 saturated heterocycles. The van der Waals surface area contributed by atoms with E-state index in [2.05, 4.69) is 22.5 Å². The normalized spacial score (nSPS) is 31.4. The number of unbranched alkanes of at least 4 members (excludes halogenated alkanes) is 1. The summed E-state index contributed by atoms with van der Waals surface area (Å²) in [6, 6.07) is 6.00. The molecule has 10 heteroatoms. The highest BCUT2D eigenvalue weighted by molar-refractivity contribution is 9.09. The number of nitrogens with zero attached hydrogens (tertiary/aromatic N) is 2. The molecule has 3 heterocycles. The first-order valence-electron chi connectivity index (χ1n) is 11.3. The number of carboxylic acids is 1. The third-order valence-corrected chi connectivity index (χ3v) is 7.92. The summed E-state index contributed by atoms with van der Waals surface area (Å²) in [7, 11) is 1.55. The molecule has 2 N–H and O–H groups in total. The molecule has 9 nitrogen and oxygen atoms in total. The Hall–Kier alpha value is -2.43. The average Bonchev–Trinajstić information content (AvgIpc) is 3.41. The number of alkyl halides is 1. The zero-order valence-corrected chi connectivity index (χ0v) is 20.5. The van der Waals surface area contributed by atoms with Gasteiger partial charge in [-0.15, -0.1) is 6.58 Å². The van der Waals surface area contributed by atoms with Crippen molar-refractivity contribution in [3.05, 3.63) is 36.9 Å². The van der Waals surface area contributed by atoms with Crippen LogP contribution in [0.1, 0.15) is 19.3 Å². The van der Waals surface area contributed by atoms with Gasteiger partial charge in [0.1, 0.15) is 17.4 Å². The number of amides is 2. The lowest BCUT2D eigenvalue weighted by atomic mass is 9.70. The zero-order chi connectivity index (χ0) is 24.6. The van der Waals surface area contributed by atoms with Crippen molar-refractivity contribution in [1.82, 2.24) is 4.90 Å². The second kappa shape index (κ2) is 9.67. The highest BCUT2D eigenvalue weighted by atomic mass is 79.9. The summed E-state index contributed by atoms with van der Waals surface area (Å²) in [5, 5.41) is 19.2. The van der Waals surface area contributed by atoms with E-state index in [0.29, 0.717) is 30.7 Å². The Morgan fingerprint density at radius 1 is 1.35 bits per heavy atom. The minimum Gasteiger partial charge on any atom is -0.497 e. The molecule has 0 aromatic heterocycles. The summed E-state index contributed by atoms with van der Waals surface area (Å²) in [6.45, 7) is 4.17. The number of fused-ring (bicyclic) bond motifs is 1. The second-order valence-electron chi connectivity index (χ2n) is 8.90. The molecule has 2 bridgehead atoms. The molecule has 0 radical (unpaired) electrons. The predicted octanol–water partition coefficient (Wildman–Crippen LogP) is 1.82. The van der Waals surface area contributed by atoms with E-state index in [9.17, 15) is 24.6 Å². The van der Waals surface area contributed by atoms with Gasteiger partial charge in [-0.1, -0.05) is 22.0 Å². The molecule has 4 rings (SSSR count). The first-order chi connectivity index (χ1) is 16.3. The molecular formula is C24H29BrN2O7. The lowest BCUT2D eigenvalue weighted by molar-refractivity contribution is -0.149. The molecule has 1 unspecified atom stereocenters. The predicted molar refractivity (Wildman–Crippen MR) is 127 cm³/mol. The molecule has 1 aromatic rings. The first-order valence-corrected chi connectivity index (χ1v) is 12.2. The van der Waals surface area contributed by atoms with Crippen molar-refractivity contribution in [1.29, 1.82) is 0 Å². The molecule has 6 atom stereocenters.